The summed E-state index contributed by atoms with van der Waals surface area (Å²) in [6.45, 7) is 2.00. The van der Waals surface area contributed by atoms with Gasteiger partial charge in [0.2, 0.25) is 0 Å². The predicted octanol–water partition coefficient (Wildman–Crippen LogP) is 4.51. The maximum atomic E-state index is 5.94. The van der Waals surface area contributed by atoms with Gasteiger partial charge in [0, 0.05) is 27.9 Å². The quantitative estimate of drug-likeness (QED) is 0.517. The Kier molecular flexibility index (Phi) is 2.69. The van der Waals surface area contributed by atoms with Gasteiger partial charge in [-0.05, 0) is 43.3 Å². The minimum Gasteiger partial charge on any atom is -0.283 e. The first kappa shape index (κ1) is 12.4. The van der Waals surface area contributed by atoms with Crippen LogP contribution in [0.1, 0.15) is 5.69 Å². The summed E-state index contributed by atoms with van der Waals surface area (Å²) >= 11 is 5.94. The molecule has 3 heterocycles. The molecular formula is C17H12ClN3. The molecule has 0 amide bonds. The van der Waals surface area contributed by atoms with E-state index in [1.165, 1.54) is 0 Å². The standard InChI is InChI=1S/C17H12ClN3/c1-11-2-3-13-6-9-16-20-15(10-21(16)17(13)19-11)12-4-7-14(18)8-5-12/h2-10H,1H3. The van der Waals surface area contributed by atoms with E-state index < -0.39 is 0 Å². The molecule has 0 aliphatic carbocycles. The van der Waals surface area contributed by atoms with Gasteiger partial charge >= 0.3 is 0 Å². The van der Waals surface area contributed by atoms with Crippen LogP contribution in [0.4, 0.5) is 0 Å². The summed E-state index contributed by atoms with van der Waals surface area (Å²) in [5.74, 6) is 0. The number of halogens is 1. The van der Waals surface area contributed by atoms with Gasteiger partial charge in [-0.15, -0.1) is 0 Å². The van der Waals surface area contributed by atoms with Gasteiger partial charge in [-0.25, -0.2) is 9.97 Å². The minimum absolute atomic E-state index is 0.727. The van der Waals surface area contributed by atoms with Gasteiger partial charge in [-0.1, -0.05) is 23.7 Å². The Bertz CT molecular complexity index is 955. The van der Waals surface area contributed by atoms with Crippen LogP contribution in [-0.2, 0) is 0 Å². The molecule has 0 atom stereocenters. The number of fused-ring (bicyclic) bond motifs is 3. The van der Waals surface area contributed by atoms with Crippen LogP contribution >= 0.6 is 11.6 Å². The molecule has 4 heteroatoms. The fourth-order valence-electron chi connectivity index (χ4n) is 2.48. The number of hydrogen-bond acceptors (Lipinski definition) is 2. The zero-order valence-corrected chi connectivity index (χ0v) is 12.2. The fraction of sp³-hybridized carbons (Fsp3) is 0.0588. The number of hydrogen-bond donors (Lipinski definition) is 0. The molecule has 0 saturated carbocycles. The normalized spacial score (nSPS) is 11.3. The number of aryl methyl sites for hydroxylation is 1. The van der Waals surface area contributed by atoms with Gasteiger partial charge in [0.05, 0.1) is 5.69 Å². The molecule has 3 aromatic heterocycles. The summed E-state index contributed by atoms with van der Waals surface area (Å²) in [6, 6.07) is 15.9. The van der Waals surface area contributed by atoms with Crippen LogP contribution in [0, 0.1) is 6.92 Å². The van der Waals surface area contributed by atoms with Crippen LogP contribution in [0.5, 0.6) is 0 Å². The topological polar surface area (TPSA) is 30.2 Å². The minimum atomic E-state index is 0.727. The third kappa shape index (κ3) is 2.06. The Morgan fingerprint density at radius 1 is 0.905 bits per heavy atom. The molecule has 4 aromatic rings. The Balaban J connectivity index is 1.99. The zero-order valence-electron chi connectivity index (χ0n) is 11.4. The molecule has 3 nitrogen and oxygen atoms in total. The summed E-state index contributed by atoms with van der Waals surface area (Å²) < 4.78 is 2.03. The van der Waals surface area contributed by atoms with Crippen molar-refractivity contribution in [3.05, 3.63) is 65.4 Å². The van der Waals surface area contributed by atoms with E-state index in [2.05, 4.69) is 22.1 Å². The van der Waals surface area contributed by atoms with Gasteiger partial charge in [-0.3, -0.25) is 4.40 Å². The van der Waals surface area contributed by atoms with E-state index in [9.17, 15) is 0 Å². The van der Waals surface area contributed by atoms with Crippen LogP contribution in [0.3, 0.4) is 0 Å². The van der Waals surface area contributed by atoms with E-state index >= 15 is 0 Å². The third-order valence-electron chi connectivity index (χ3n) is 3.56. The van der Waals surface area contributed by atoms with Crippen molar-refractivity contribution in [3.8, 4) is 11.3 Å². The lowest BCUT2D eigenvalue weighted by Gasteiger charge is -2.01. The van der Waals surface area contributed by atoms with E-state index in [4.69, 9.17) is 11.6 Å². The van der Waals surface area contributed by atoms with E-state index in [0.717, 1.165) is 38.7 Å². The third-order valence-corrected chi connectivity index (χ3v) is 3.81. The second-order valence-corrected chi connectivity index (χ2v) is 5.50. The van der Waals surface area contributed by atoms with Crippen LogP contribution in [-0.4, -0.2) is 14.4 Å². The molecule has 4 rings (SSSR count). The van der Waals surface area contributed by atoms with Crippen LogP contribution < -0.4 is 0 Å². The first-order valence-electron chi connectivity index (χ1n) is 6.72. The summed E-state index contributed by atoms with van der Waals surface area (Å²) in [5.41, 5.74) is 4.79. The Labute approximate surface area is 126 Å². The maximum absolute atomic E-state index is 5.94. The van der Waals surface area contributed by atoms with Gasteiger partial charge in [0.15, 0.2) is 0 Å². The van der Waals surface area contributed by atoms with Crippen molar-refractivity contribution in [2.75, 3.05) is 0 Å². The summed E-state index contributed by atoms with van der Waals surface area (Å²) in [6.07, 6.45) is 2.02. The molecule has 21 heavy (non-hydrogen) atoms. The van der Waals surface area contributed by atoms with Crippen molar-refractivity contribution in [2.24, 2.45) is 0 Å². The lowest BCUT2D eigenvalue weighted by molar-refractivity contribution is 1.15. The van der Waals surface area contributed by atoms with E-state index in [0.29, 0.717) is 0 Å². The average Bonchev–Trinajstić information content (AvgIpc) is 2.92. The monoisotopic (exact) mass is 293 g/mol. The zero-order chi connectivity index (χ0) is 14.4. The molecule has 0 radical (unpaired) electrons. The molecule has 0 spiro atoms. The van der Waals surface area contributed by atoms with Crippen molar-refractivity contribution in [1.82, 2.24) is 14.4 Å². The van der Waals surface area contributed by atoms with E-state index in [1.807, 2.05) is 53.9 Å². The van der Waals surface area contributed by atoms with Crippen LogP contribution in [0.25, 0.3) is 27.9 Å². The first-order valence-corrected chi connectivity index (χ1v) is 7.10. The summed E-state index contributed by atoms with van der Waals surface area (Å²) in [4.78, 5) is 9.30. The number of benzene rings is 1. The lowest BCUT2D eigenvalue weighted by atomic mass is 10.2. The van der Waals surface area contributed by atoms with Crippen molar-refractivity contribution in [2.45, 2.75) is 6.92 Å². The predicted molar refractivity (Wildman–Crippen MR) is 85.7 cm³/mol. The Morgan fingerprint density at radius 3 is 2.48 bits per heavy atom. The van der Waals surface area contributed by atoms with Gasteiger partial charge in [0.25, 0.3) is 0 Å². The highest BCUT2D eigenvalue weighted by Gasteiger charge is 2.08. The largest absolute Gasteiger partial charge is 0.283 e. The van der Waals surface area contributed by atoms with Gasteiger partial charge in [0.1, 0.15) is 11.3 Å². The molecule has 0 unspecified atom stereocenters. The van der Waals surface area contributed by atoms with Crippen molar-refractivity contribution < 1.29 is 0 Å². The smallest absolute Gasteiger partial charge is 0.145 e. The number of rotatable bonds is 1. The molecule has 0 aliphatic rings. The number of nitrogens with zero attached hydrogens (tertiary/aromatic N) is 3. The van der Waals surface area contributed by atoms with Gasteiger partial charge in [-0.2, -0.15) is 0 Å². The molecule has 0 bridgehead atoms. The van der Waals surface area contributed by atoms with Crippen LogP contribution in [0.15, 0.2) is 54.7 Å². The number of imidazole rings is 1. The number of pyridine rings is 2. The molecule has 0 fully saturated rings. The second-order valence-electron chi connectivity index (χ2n) is 5.06. The maximum Gasteiger partial charge on any atom is 0.145 e. The molecule has 0 saturated heterocycles. The highest BCUT2D eigenvalue weighted by atomic mass is 35.5. The fourth-order valence-corrected chi connectivity index (χ4v) is 2.61. The Hall–Kier alpha value is -2.39. The van der Waals surface area contributed by atoms with Crippen molar-refractivity contribution in [3.63, 3.8) is 0 Å². The number of aromatic nitrogens is 3. The average molecular weight is 294 g/mol. The van der Waals surface area contributed by atoms with Crippen molar-refractivity contribution in [1.29, 1.82) is 0 Å². The second kappa shape index (κ2) is 4.57. The van der Waals surface area contributed by atoms with Gasteiger partial charge < -0.3 is 0 Å². The van der Waals surface area contributed by atoms with Crippen molar-refractivity contribution >= 4 is 28.3 Å². The molecule has 0 N–H and O–H groups in total. The highest BCUT2D eigenvalue weighted by Crippen LogP contribution is 2.23. The molecule has 102 valence electrons. The molecule has 1 aromatic carbocycles. The van der Waals surface area contributed by atoms with E-state index in [-0.39, 0.29) is 0 Å². The summed E-state index contributed by atoms with van der Waals surface area (Å²) in [5, 5.41) is 1.83. The first-order chi connectivity index (χ1) is 10.2. The van der Waals surface area contributed by atoms with E-state index in [1.54, 1.807) is 0 Å². The SMILES string of the molecule is Cc1ccc2ccc3nc(-c4ccc(Cl)cc4)cn3c2n1. The molecular weight excluding hydrogens is 282 g/mol. The lowest BCUT2D eigenvalue weighted by Crippen LogP contribution is -1.91. The summed E-state index contributed by atoms with van der Waals surface area (Å²) in [7, 11) is 0. The highest BCUT2D eigenvalue weighted by molar-refractivity contribution is 6.30. The molecule has 0 aliphatic heterocycles. The Morgan fingerprint density at radius 2 is 1.67 bits per heavy atom. The van der Waals surface area contributed by atoms with Crippen LogP contribution in [0.2, 0.25) is 5.02 Å².